The van der Waals surface area contributed by atoms with E-state index in [1.807, 2.05) is 19.1 Å². The zero-order chi connectivity index (χ0) is 15.2. The monoisotopic (exact) mass is 298 g/mol. The SMILES string of the molecule is CCCS(=O)(=O)c1ccccc1NCCN(C)C(C)C. The van der Waals surface area contributed by atoms with Gasteiger partial charge in [0.15, 0.2) is 9.84 Å². The highest BCUT2D eigenvalue weighted by Gasteiger charge is 2.17. The molecule has 1 aromatic rings. The molecule has 0 aliphatic rings. The van der Waals surface area contributed by atoms with E-state index in [4.69, 9.17) is 0 Å². The van der Waals surface area contributed by atoms with Crippen LogP contribution in [0.1, 0.15) is 27.2 Å². The van der Waals surface area contributed by atoms with Crippen LogP contribution in [0.5, 0.6) is 0 Å². The van der Waals surface area contributed by atoms with Crippen molar-refractivity contribution in [2.75, 3.05) is 31.2 Å². The number of hydrogen-bond acceptors (Lipinski definition) is 4. The molecule has 0 radical (unpaired) electrons. The van der Waals surface area contributed by atoms with Crippen LogP contribution in [0.15, 0.2) is 29.2 Å². The number of para-hydroxylation sites is 1. The second-order valence-electron chi connectivity index (χ2n) is 5.32. The quantitative estimate of drug-likeness (QED) is 0.801. The number of hydrogen-bond donors (Lipinski definition) is 1. The Morgan fingerprint density at radius 3 is 2.50 bits per heavy atom. The van der Waals surface area contributed by atoms with Crippen molar-refractivity contribution < 1.29 is 8.42 Å². The number of anilines is 1. The molecule has 0 bridgehead atoms. The topological polar surface area (TPSA) is 49.4 Å². The molecule has 0 aliphatic carbocycles. The molecule has 0 amide bonds. The molecule has 114 valence electrons. The third kappa shape index (κ3) is 4.80. The lowest BCUT2D eigenvalue weighted by Crippen LogP contribution is -2.31. The lowest BCUT2D eigenvalue weighted by Gasteiger charge is -2.21. The average molecular weight is 298 g/mol. The molecule has 0 saturated heterocycles. The Morgan fingerprint density at radius 1 is 1.25 bits per heavy atom. The van der Waals surface area contributed by atoms with E-state index < -0.39 is 9.84 Å². The zero-order valence-electron chi connectivity index (χ0n) is 12.9. The van der Waals surface area contributed by atoms with E-state index in [9.17, 15) is 8.42 Å². The Hall–Kier alpha value is -1.07. The fourth-order valence-corrected chi connectivity index (χ4v) is 3.41. The number of rotatable bonds is 8. The van der Waals surface area contributed by atoms with E-state index in [2.05, 4.69) is 31.1 Å². The maximum atomic E-state index is 12.2. The van der Waals surface area contributed by atoms with Gasteiger partial charge < -0.3 is 10.2 Å². The van der Waals surface area contributed by atoms with E-state index in [0.717, 1.165) is 13.1 Å². The van der Waals surface area contributed by atoms with Crippen molar-refractivity contribution in [3.63, 3.8) is 0 Å². The fraction of sp³-hybridized carbons (Fsp3) is 0.600. The Balaban J connectivity index is 2.77. The lowest BCUT2D eigenvalue weighted by atomic mass is 10.3. The Bertz CT molecular complexity index is 512. The summed E-state index contributed by atoms with van der Waals surface area (Å²) < 4.78 is 24.4. The van der Waals surface area contributed by atoms with Crippen LogP contribution in [0.25, 0.3) is 0 Å². The molecule has 20 heavy (non-hydrogen) atoms. The molecular formula is C15H26N2O2S. The van der Waals surface area contributed by atoms with Crippen molar-refractivity contribution in [1.82, 2.24) is 4.90 Å². The largest absolute Gasteiger partial charge is 0.383 e. The highest BCUT2D eigenvalue weighted by Crippen LogP contribution is 2.22. The molecule has 0 fully saturated rings. The summed E-state index contributed by atoms with van der Waals surface area (Å²) in [6.45, 7) is 7.76. The maximum Gasteiger partial charge on any atom is 0.180 e. The molecule has 0 heterocycles. The molecule has 4 nitrogen and oxygen atoms in total. The Labute approximate surface area is 123 Å². The Kier molecular flexibility index (Phi) is 6.49. The highest BCUT2D eigenvalue weighted by atomic mass is 32.2. The van der Waals surface area contributed by atoms with E-state index in [1.165, 1.54) is 0 Å². The number of benzene rings is 1. The molecule has 1 aromatic carbocycles. The minimum Gasteiger partial charge on any atom is -0.383 e. The van der Waals surface area contributed by atoms with Gasteiger partial charge >= 0.3 is 0 Å². The molecule has 0 spiro atoms. The molecule has 0 aliphatic heterocycles. The van der Waals surface area contributed by atoms with Gasteiger partial charge in [-0.1, -0.05) is 19.1 Å². The van der Waals surface area contributed by atoms with E-state index in [-0.39, 0.29) is 5.75 Å². The molecule has 0 unspecified atom stereocenters. The van der Waals surface area contributed by atoms with Gasteiger partial charge in [-0.05, 0) is 39.4 Å². The summed E-state index contributed by atoms with van der Waals surface area (Å²) in [5, 5.41) is 3.24. The molecule has 0 saturated carbocycles. The minimum absolute atomic E-state index is 0.192. The van der Waals surface area contributed by atoms with Crippen molar-refractivity contribution in [2.45, 2.75) is 38.1 Å². The molecule has 0 atom stereocenters. The van der Waals surface area contributed by atoms with Gasteiger partial charge in [0.05, 0.1) is 16.3 Å². The standard InChI is InChI=1S/C15H26N2O2S/c1-5-12-20(18,19)15-9-7-6-8-14(15)16-10-11-17(4)13(2)3/h6-9,13,16H,5,10-12H2,1-4H3. The zero-order valence-corrected chi connectivity index (χ0v) is 13.7. The summed E-state index contributed by atoms with van der Waals surface area (Å²) in [6, 6.07) is 7.63. The van der Waals surface area contributed by atoms with Crippen LogP contribution in [0.3, 0.4) is 0 Å². The summed E-state index contributed by atoms with van der Waals surface area (Å²) in [7, 11) is -1.12. The maximum absolute atomic E-state index is 12.2. The van der Waals surface area contributed by atoms with Gasteiger partial charge in [0.25, 0.3) is 0 Å². The van der Waals surface area contributed by atoms with Crippen LogP contribution in [-0.4, -0.2) is 45.2 Å². The van der Waals surface area contributed by atoms with Crippen molar-refractivity contribution >= 4 is 15.5 Å². The van der Waals surface area contributed by atoms with Crippen LogP contribution < -0.4 is 5.32 Å². The predicted octanol–water partition coefficient (Wildman–Crippen LogP) is 2.62. The summed E-state index contributed by atoms with van der Waals surface area (Å²) in [6.07, 6.45) is 0.632. The van der Waals surface area contributed by atoms with Gasteiger partial charge in [0.2, 0.25) is 0 Å². The van der Waals surface area contributed by atoms with Crippen LogP contribution >= 0.6 is 0 Å². The fourth-order valence-electron chi connectivity index (χ4n) is 1.89. The number of likely N-dealkylation sites (N-methyl/N-ethyl adjacent to an activating group) is 1. The van der Waals surface area contributed by atoms with Crippen LogP contribution in [-0.2, 0) is 9.84 Å². The van der Waals surface area contributed by atoms with Gasteiger partial charge in [-0.25, -0.2) is 8.42 Å². The molecule has 1 rings (SSSR count). The summed E-state index contributed by atoms with van der Waals surface area (Å²) in [5.74, 6) is 0.192. The van der Waals surface area contributed by atoms with Crippen molar-refractivity contribution in [3.05, 3.63) is 24.3 Å². The number of nitrogens with zero attached hydrogens (tertiary/aromatic N) is 1. The molecule has 5 heteroatoms. The summed E-state index contributed by atoms with van der Waals surface area (Å²) in [5.41, 5.74) is 0.707. The van der Waals surface area contributed by atoms with Crippen molar-refractivity contribution in [2.24, 2.45) is 0 Å². The van der Waals surface area contributed by atoms with Crippen molar-refractivity contribution in [3.8, 4) is 0 Å². The van der Waals surface area contributed by atoms with E-state index >= 15 is 0 Å². The molecular weight excluding hydrogens is 272 g/mol. The van der Waals surface area contributed by atoms with Gasteiger partial charge in [-0.3, -0.25) is 0 Å². The molecule has 1 N–H and O–H groups in total. The smallest absolute Gasteiger partial charge is 0.180 e. The van der Waals surface area contributed by atoms with Gasteiger partial charge in [-0.2, -0.15) is 0 Å². The third-order valence-electron chi connectivity index (χ3n) is 3.36. The predicted molar refractivity (Wildman–Crippen MR) is 85.0 cm³/mol. The second kappa shape index (κ2) is 7.64. The first kappa shape index (κ1) is 17.0. The summed E-state index contributed by atoms with van der Waals surface area (Å²) >= 11 is 0. The average Bonchev–Trinajstić information content (AvgIpc) is 2.38. The normalized spacial score (nSPS) is 12.1. The van der Waals surface area contributed by atoms with Crippen LogP contribution in [0.2, 0.25) is 0 Å². The lowest BCUT2D eigenvalue weighted by molar-refractivity contribution is 0.284. The first-order valence-electron chi connectivity index (χ1n) is 7.14. The number of nitrogens with one attached hydrogen (secondary N) is 1. The van der Waals surface area contributed by atoms with E-state index in [0.29, 0.717) is 23.0 Å². The third-order valence-corrected chi connectivity index (χ3v) is 5.33. The first-order valence-corrected chi connectivity index (χ1v) is 8.79. The Morgan fingerprint density at radius 2 is 1.90 bits per heavy atom. The summed E-state index contributed by atoms with van der Waals surface area (Å²) in [4.78, 5) is 2.63. The first-order chi connectivity index (χ1) is 9.38. The van der Waals surface area contributed by atoms with E-state index in [1.54, 1.807) is 12.1 Å². The minimum atomic E-state index is -3.18. The second-order valence-corrected chi connectivity index (χ2v) is 7.39. The van der Waals surface area contributed by atoms with Crippen molar-refractivity contribution in [1.29, 1.82) is 0 Å². The number of sulfone groups is 1. The van der Waals surface area contributed by atoms with Gasteiger partial charge in [0.1, 0.15) is 0 Å². The van der Waals surface area contributed by atoms with Gasteiger partial charge in [-0.15, -0.1) is 0 Å². The molecule has 0 aromatic heterocycles. The van der Waals surface area contributed by atoms with Crippen LogP contribution in [0, 0.1) is 0 Å². The van der Waals surface area contributed by atoms with Gasteiger partial charge in [0, 0.05) is 19.1 Å². The highest BCUT2D eigenvalue weighted by molar-refractivity contribution is 7.91. The van der Waals surface area contributed by atoms with Crippen LogP contribution in [0.4, 0.5) is 5.69 Å².